The highest BCUT2D eigenvalue weighted by molar-refractivity contribution is 5.99. The van der Waals surface area contributed by atoms with Gasteiger partial charge in [0, 0.05) is 17.4 Å². The van der Waals surface area contributed by atoms with Gasteiger partial charge in [-0.05, 0) is 24.7 Å². The van der Waals surface area contributed by atoms with Crippen molar-refractivity contribution < 1.29 is 4.79 Å². The topological polar surface area (TPSA) is 71.8 Å². The van der Waals surface area contributed by atoms with Gasteiger partial charge in [-0.2, -0.15) is 5.10 Å². The van der Waals surface area contributed by atoms with Crippen LogP contribution >= 0.6 is 0 Å². The first-order valence-corrected chi connectivity index (χ1v) is 4.47. The Balaban J connectivity index is 2.38. The van der Waals surface area contributed by atoms with Gasteiger partial charge in [0.1, 0.15) is 0 Å². The molecule has 0 fully saturated rings. The average molecular weight is 189 g/mol. The second-order valence-electron chi connectivity index (χ2n) is 3.13. The first-order valence-electron chi connectivity index (χ1n) is 4.47. The van der Waals surface area contributed by atoms with E-state index in [9.17, 15) is 4.79 Å². The molecule has 0 saturated carbocycles. The van der Waals surface area contributed by atoms with Crippen molar-refractivity contribution in [1.82, 2.24) is 10.2 Å². The van der Waals surface area contributed by atoms with Crippen molar-refractivity contribution in [3.8, 4) is 0 Å². The van der Waals surface area contributed by atoms with E-state index in [2.05, 4.69) is 10.2 Å². The molecule has 0 bridgehead atoms. The zero-order chi connectivity index (χ0) is 9.97. The highest BCUT2D eigenvalue weighted by Crippen LogP contribution is 2.13. The molecule has 0 saturated heterocycles. The van der Waals surface area contributed by atoms with Crippen LogP contribution in [0.2, 0.25) is 0 Å². The molecule has 1 heterocycles. The van der Waals surface area contributed by atoms with Crippen LogP contribution in [0.4, 0.5) is 0 Å². The fourth-order valence-electron chi connectivity index (χ4n) is 1.39. The first-order chi connectivity index (χ1) is 6.81. The van der Waals surface area contributed by atoms with E-state index in [1.54, 1.807) is 12.3 Å². The van der Waals surface area contributed by atoms with Gasteiger partial charge in [0.2, 0.25) is 0 Å². The first kappa shape index (κ1) is 8.90. The zero-order valence-electron chi connectivity index (χ0n) is 7.66. The number of ketones is 1. The lowest BCUT2D eigenvalue weighted by atomic mass is 10.1. The number of fused-ring (bicyclic) bond motifs is 1. The number of rotatable bonds is 3. The Morgan fingerprint density at radius 2 is 2.36 bits per heavy atom. The molecule has 0 aliphatic carbocycles. The van der Waals surface area contributed by atoms with Crippen LogP contribution in [0, 0.1) is 0 Å². The summed E-state index contributed by atoms with van der Waals surface area (Å²) in [4.78, 5) is 11.5. The molecule has 14 heavy (non-hydrogen) atoms. The van der Waals surface area contributed by atoms with Gasteiger partial charge >= 0.3 is 0 Å². The summed E-state index contributed by atoms with van der Waals surface area (Å²) in [5.74, 6) is 0.0793. The minimum atomic E-state index is 0.0793. The van der Waals surface area contributed by atoms with Crippen molar-refractivity contribution >= 4 is 16.7 Å². The predicted molar refractivity (Wildman–Crippen MR) is 54.1 cm³/mol. The van der Waals surface area contributed by atoms with Crippen LogP contribution in [0.15, 0.2) is 24.4 Å². The Kier molecular flexibility index (Phi) is 2.28. The number of aromatic amines is 1. The van der Waals surface area contributed by atoms with E-state index in [0.717, 1.165) is 10.9 Å². The number of hydrogen-bond donors (Lipinski definition) is 2. The molecule has 2 aromatic rings. The van der Waals surface area contributed by atoms with Crippen LogP contribution in [-0.4, -0.2) is 22.5 Å². The highest BCUT2D eigenvalue weighted by atomic mass is 16.1. The van der Waals surface area contributed by atoms with Crippen molar-refractivity contribution in [1.29, 1.82) is 0 Å². The van der Waals surface area contributed by atoms with Gasteiger partial charge in [0.05, 0.1) is 11.7 Å². The maximum absolute atomic E-state index is 11.5. The molecule has 2 rings (SSSR count). The summed E-state index contributed by atoms with van der Waals surface area (Å²) >= 11 is 0. The number of carbonyl (C=O) groups excluding carboxylic acids is 1. The van der Waals surface area contributed by atoms with E-state index in [0.29, 0.717) is 18.5 Å². The number of aromatic nitrogens is 2. The van der Waals surface area contributed by atoms with Crippen molar-refractivity contribution in [3.05, 3.63) is 30.0 Å². The SMILES string of the molecule is NCCC(=O)c1ccc2[nH]ncc2c1. The van der Waals surface area contributed by atoms with E-state index in [1.807, 2.05) is 12.1 Å². The van der Waals surface area contributed by atoms with Crippen molar-refractivity contribution in [2.75, 3.05) is 6.54 Å². The quantitative estimate of drug-likeness (QED) is 0.710. The van der Waals surface area contributed by atoms with E-state index >= 15 is 0 Å². The van der Waals surface area contributed by atoms with Crippen LogP contribution in [0.3, 0.4) is 0 Å². The van der Waals surface area contributed by atoms with Crippen molar-refractivity contribution in [3.63, 3.8) is 0 Å². The largest absolute Gasteiger partial charge is 0.330 e. The second-order valence-corrected chi connectivity index (χ2v) is 3.13. The maximum atomic E-state index is 11.5. The normalized spacial score (nSPS) is 10.6. The van der Waals surface area contributed by atoms with E-state index in [4.69, 9.17) is 5.73 Å². The predicted octanol–water partition coefficient (Wildman–Crippen LogP) is 1.09. The molecule has 4 nitrogen and oxygen atoms in total. The minimum absolute atomic E-state index is 0.0793. The number of H-pyrrole nitrogens is 1. The highest BCUT2D eigenvalue weighted by Gasteiger charge is 2.05. The molecular weight excluding hydrogens is 178 g/mol. The monoisotopic (exact) mass is 189 g/mol. The van der Waals surface area contributed by atoms with Gasteiger partial charge in [-0.25, -0.2) is 0 Å². The number of nitrogens with one attached hydrogen (secondary N) is 1. The van der Waals surface area contributed by atoms with Gasteiger partial charge in [-0.3, -0.25) is 9.89 Å². The Hall–Kier alpha value is -1.68. The molecule has 0 radical (unpaired) electrons. The number of Topliss-reactive ketones (excluding diaryl/α,β-unsaturated/α-hetero) is 1. The van der Waals surface area contributed by atoms with Crippen LogP contribution in [0.25, 0.3) is 10.9 Å². The molecule has 0 unspecified atom stereocenters. The molecule has 0 aliphatic rings. The van der Waals surface area contributed by atoms with Crippen LogP contribution in [0.5, 0.6) is 0 Å². The fourth-order valence-corrected chi connectivity index (χ4v) is 1.39. The molecule has 0 atom stereocenters. The molecule has 1 aromatic carbocycles. The van der Waals surface area contributed by atoms with E-state index in [1.165, 1.54) is 0 Å². The summed E-state index contributed by atoms with van der Waals surface area (Å²) in [7, 11) is 0. The summed E-state index contributed by atoms with van der Waals surface area (Å²) in [6.45, 7) is 0.391. The molecule has 0 spiro atoms. The van der Waals surface area contributed by atoms with Crippen LogP contribution < -0.4 is 5.73 Å². The third-order valence-electron chi connectivity index (χ3n) is 2.13. The van der Waals surface area contributed by atoms with Crippen LogP contribution in [0.1, 0.15) is 16.8 Å². The zero-order valence-corrected chi connectivity index (χ0v) is 7.66. The molecule has 4 heteroatoms. The summed E-state index contributed by atoms with van der Waals surface area (Å²) in [5, 5.41) is 7.67. The minimum Gasteiger partial charge on any atom is -0.330 e. The lowest BCUT2D eigenvalue weighted by molar-refractivity contribution is 0.0985. The molecule has 1 aromatic heterocycles. The fraction of sp³-hybridized carbons (Fsp3) is 0.200. The summed E-state index contributed by atoms with van der Waals surface area (Å²) in [5.41, 5.74) is 6.96. The van der Waals surface area contributed by atoms with Gasteiger partial charge in [0.15, 0.2) is 5.78 Å². The van der Waals surface area contributed by atoms with Gasteiger partial charge in [-0.15, -0.1) is 0 Å². The molecule has 0 amide bonds. The lowest BCUT2D eigenvalue weighted by Gasteiger charge is -1.98. The van der Waals surface area contributed by atoms with Gasteiger partial charge in [0.25, 0.3) is 0 Å². The number of hydrogen-bond acceptors (Lipinski definition) is 3. The Bertz CT molecular complexity index is 461. The summed E-state index contributed by atoms with van der Waals surface area (Å²) < 4.78 is 0. The third-order valence-corrected chi connectivity index (χ3v) is 2.13. The van der Waals surface area contributed by atoms with Crippen molar-refractivity contribution in [2.45, 2.75) is 6.42 Å². The average Bonchev–Trinajstić information content (AvgIpc) is 2.64. The Morgan fingerprint density at radius 1 is 1.50 bits per heavy atom. The number of nitrogens with zero attached hydrogens (tertiary/aromatic N) is 1. The molecule has 72 valence electrons. The summed E-state index contributed by atoms with van der Waals surface area (Å²) in [6.07, 6.45) is 2.10. The van der Waals surface area contributed by atoms with Crippen molar-refractivity contribution in [2.24, 2.45) is 5.73 Å². The number of carbonyl (C=O) groups is 1. The maximum Gasteiger partial charge on any atom is 0.164 e. The number of benzene rings is 1. The summed E-state index contributed by atoms with van der Waals surface area (Å²) in [6, 6.07) is 5.47. The lowest BCUT2D eigenvalue weighted by Crippen LogP contribution is -2.07. The molecular formula is C10H11N3O. The second kappa shape index (κ2) is 3.59. The standard InChI is InChI=1S/C10H11N3O/c11-4-3-10(14)7-1-2-9-8(5-7)6-12-13-9/h1-2,5-6H,3-4,11H2,(H,12,13). The van der Waals surface area contributed by atoms with E-state index < -0.39 is 0 Å². The van der Waals surface area contributed by atoms with E-state index in [-0.39, 0.29) is 5.78 Å². The smallest absolute Gasteiger partial charge is 0.164 e. The third kappa shape index (κ3) is 1.52. The van der Waals surface area contributed by atoms with Gasteiger partial charge in [-0.1, -0.05) is 0 Å². The molecule has 3 N–H and O–H groups in total. The molecule has 0 aliphatic heterocycles. The van der Waals surface area contributed by atoms with Crippen LogP contribution in [-0.2, 0) is 0 Å². The Labute approximate surface area is 81.1 Å². The Morgan fingerprint density at radius 3 is 3.14 bits per heavy atom. The van der Waals surface area contributed by atoms with Gasteiger partial charge < -0.3 is 5.73 Å². The number of nitrogens with two attached hydrogens (primary N) is 1.